The molecule has 0 bridgehead atoms. The Labute approximate surface area is 124 Å². The number of aliphatic carboxylic acids is 1. The minimum atomic E-state index is -0.900. The molecular weight excluding hydrogens is 254 g/mol. The lowest BCUT2D eigenvalue weighted by atomic mass is 10.1. The van der Waals surface area contributed by atoms with Gasteiger partial charge in [0.2, 0.25) is 0 Å². The van der Waals surface area contributed by atoms with Crippen LogP contribution in [0.3, 0.4) is 0 Å². The van der Waals surface area contributed by atoms with Crippen molar-refractivity contribution < 1.29 is 19.5 Å². The van der Waals surface area contributed by atoms with Gasteiger partial charge in [-0.1, -0.05) is 58.3 Å². The van der Waals surface area contributed by atoms with Crippen LogP contribution in [0.4, 0.5) is 0 Å². The van der Waals surface area contributed by atoms with Gasteiger partial charge in [0, 0.05) is 6.23 Å². The number of unbranched alkanes of at least 4 members (excludes halogenated alkanes) is 8. The van der Waals surface area contributed by atoms with Crippen LogP contribution >= 0.6 is 0 Å². The van der Waals surface area contributed by atoms with Crippen molar-refractivity contribution >= 4 is 5.97 Å². The van der Waals surface area contributed by atoms with E-state index in [0.717, 1.165) is 12.8 Å². The van der Waals surface area contributed by atoms with E-state index in [1.54, 1.807) is 14.1 Å². The quantitative estimate of drug-likeness (QED) is 0.322. The fourth-order valence-electron chi connectivity index (χ4n) is 2.43. The van der Waals surface area contributed by atoms with Gasteiger partial charge >= 0.3 is 5.97 Å². The number of carboxylic acids is 1. The lowest BCUT2D eigenvalue weighted by Crippen LogP contribution is -2.57. The Morgan fingerprint density at radius 1 is 1.00 bits per heavy atom. The normalized spacial score (nSPS) is 13.4. The molecule has 0 aromatic carbocycles. The van der Waals surface area contributed by atoms with Gasteiger partial charge in [0.15, 0.2) is 6.54 Å². The van der Waals surface area contributed by atoms with Gasteiger partial charge < -0.3 is 14.7 Å². The molecule has 0 heterocycles. The van der Waals surface area contributed by atoms with Crippen LogP contribution in [0.5, 0.6) is 0 Å². The molecule has 1 N–H and O–H groups in total. The first-order valence-electron chi connectivity index (χ1n) is 8.10. The van der Waals surface area contributed by atoms with Crippen LogP contribution in [0.1, 0.15) is 71.1 Å². The average molecular weight is 287 g/mol. The second kappa shape index (κ2) is 11.1. The zero-order valence-electron chi connectivity index (χ0n) is 13.6. The van der Waals surface area contributed by atoms with Crippen LogP contribution in [0, 0.1) is 0 Å². The summed E-state index contributed by atoms with van der Waals surface area (Å²) in [5.41, 5.74) is 0. The van der Waals surface area contributed by atoms with Gasteiger partial charge in [-0.3, -0.25) is 0 Å². The maximum atomic E-state index is 12.0. The van der Waals surface area contributed by atoms with Crippen molar-refractivity contribution in [3.8, 4) is 0 Å². The Morgan fingerprint density at radius 3 is 1.90 bits per heavy atom. The summed E-state index contributed by atoms with van der Waals surface area (Å²) >= 11 is 0. The second-order valence-corrected chi connectivity index (χ2v) is 6.40. The molecule has 0 spiro atoms. The molecule has 20 heavy (non-hydrogen) atoms. The summed E-state index contributed by atoms with van der Waals surface area (Å²) in [4.78, 5) is 10.7. The van der Waals surface area contributed by atoms with Gasteiger partial charge in [0.1, 0.15) is 0 Å². The van der Waals surface area contributed by atoms with E-state index in [1.807, 2.05) is 0 Å². The highest BCUT2D eigenvalue weighted by Crippen LogP contribution is 2.13. The molecule has 0 amide bonds. The van der Waals surface area contributed by atoms with Gasteiger partial charge in [0.05, 0.1) is 14.1 Å². The van der Waals surface area contributed by atoms with E-state index in [9.17, 15) is 9.90 Å². The maximum absolute atomic E-state index is 12.0. The van der Waals surface area contributed by atoms with Crippen LogP contribution < -0.4 is 5.11 Å². The zero-order valence-corrected chi connectivity index (χ0v) is 13.6. The third kappa shape index (κ3) is 10.2. The van der Waals surface area contributed by atoms with E-state index < -0.39 is 12.2 Å². The molecule has 0 aromatic heterocycles. The standard InChI is InChI=1S/C16H33NO3/c1-4-5-6-7-8-9-10-11-12-13-15(18)17(2,3)14-16(19)20/h15H,4-14H2,1-3H3,(H,19,20). The molecule has 0 aromatic rings. The smallest absolute Gasteiger partial charge is 0.359 e. The number of carboxylic acid groups (broad SMARTS) is 1. The molecular formula is C16H33NO3. The SMILES string of the molecule is CCCCCCCCCCCC([O-])[N+](C)(C)CC(=O)O. The van der Waals surface area contributed by atoms with Crippen molar-refractivity contribution in [1.82, 2.24) is 0 Å². The Bertz CT molecular complexity index is 254. The summed E-state index contributed by atoms with van der Waals surface area (Å²) in [5.74, 6) is -0.900. The monoisotopic (exact) mass is 287 g/mol. The van der Waals surface area contributed by atoms with E-state index in [1.165, 1.54) is 44.9 Å². The Kier molecular flexibility index (Phi) is 10.8. The molecule has 0 aliphatic heterocycles. The summed E-state index contributed by atoms with van der Waals surface area (Å²) in [7, 11) is 3.42. The van der Waals surface area contributed by atoms with Crippen molar-refractivity contribution in [2.24, 2.45) is 0 Å². The molecule has 1 unspecified atom stereocenters. The predicted molar refractivity (Wildman–Crippen MR) is 80.2 cm³/mol. The van der Waals surface area contributed by atoms with Crippen LogP contribution in [0.25, 0.3) is 0 Å². The summed E-state index contributed by atoms with van der Waals surface area (Å²) in [6, 6.07) is 0. The molecule has 0 rings (SSSR count). The lowest BCUT2D eigenvalue weighted by molar-refractivity contribution is -0.979. The van der Waals surface area contributed by atoms with Crippen molar-refractivity contribution in [1.29, 1.82) is 0 Å². The van der Waals surface area contributed by atoms with E-state index in [2.05, 4.69) is 6.92 Å². The molecule has 0 aliphatic carbocycles. The maximum Gasteiger partial charge on any atom is 0.359 e. The van der Waals surface area contributed by atoms with Crippen LogP contribution in [-0.4, -0.2) is 42.4 Å². The Balaban J connectivity index is 3.52. The average Bonchev–Trinajstić information content (AvgIpc) is 2.35. The minimum absolute atomic E-state index is 0.0341. The van der Waals surface area contributed by atoms with E-state index >= 15 is 0 Å². The first-order valence-corrected chi connectivity index (χ1v) is 8.10. The first-order chi connectivity index (χ1) is 9.40. The predicted octanol–water partition coefficient (Wildman–Crippen LogP) is 2.75. The van der Waals surface area contributed by atoms with Crippen molar-refractivity contribution in [2.75, 3.05) is 20.6 Å². The van der Waals surface area contributed by atoms with E-state index in [4.69, 9.17) is 5.11 Å². The van der Waals surface area contributed by atoms with Crippen molar-refractivity contribution in [2.45, 2.75) is 77.4 Å². The molecule has 0 fully saturated rings. The lowest BCUT2D eigenvalue weighted by Gasteiger charge is -2.41. The summed E-state index contributed by atoms with van der Waals surface area (Å²) in [6.07, 6.45) is 10.9. The first kappa shape index (κ1) is 19.4. The van der Waals surface area contributed by atoms with Crippen LogP contribution in [0.15, 0.2) is 0 Å². The van der Waals surface area contributed by atoms with Gasteiger partial charge in [0.25, 0.3) is 0 Å². The Hall–Kier alpha value is -0.610. The van der Waals surface area contributed by atoms with Gasteiger partial charge in [-0.25, -0.2) is 4.79 Å². The minimum Gasteiger partial charge on any atom is -0.806 e. The van der Waals surface area contributed by atoms with Gasteiger partial charge in [-0.05, 0) is 12.8 Å². The Morgan fingerprint density at radius 2 is 1.45 bits per heavy atom. The zero-order chi connectivity index (χ0) is 15.4. The number of carbonyl (C=O) groups is 1. The highest BCUT2D eigenvalue weighted by Gasteiger charge is 2.22. The summed E-state index contributed by atoms with van der Waals surface area (Å²) in [6.45, 7) is 2.13. The number of hydrogen-bond donors (Lipinski definition) is 1. The topological polar surface area (TPSA) is 60.4 Å². The molecule has 120 valence electrons. The summed E-state index contributed by atoms with van der Waals surface area (Å²) < 4.78 is 0.0341. The largest absolute Gasteiger partial charge is 0.806 e. The highest BCUT2D eigenvalue weighted by molar-refractivity contribution is 5.67. The third-order valence-electron chi connectivity index (χ3n) is 3.88. The van der Waals surface area contributed by atoms with Crippen LogP contribution in [-0.2, 0) is 4.79 Å². The van der Waals surface area contributed by atoms with E-state index in [0.29, 0.717) is 6.42 Å². The summed E-state index contributed by atoms with van der Waals surface area (Å²) in [5, 5.41) is 20.8. The third-order valence-corrected chi connectivity index (χ3v) is 3.88. The number of likely N-dealkylation sites (N-methyl/N-ethyl adjacent to an activating group) is 1. The number of rotatable bonds is 13. The van der Waals surface area contributed by atoms with Gasteiger partial charge in [-0.15, -0.1) is 0 Å². The number of hydrogen-bond acceptors (Lipinski definition) is 2. The second-order valence-electron chi connectivity index (χ2n) is 6.40. The molecule has 4 nitrogen and oxygen atoms in total. The van der Waals surface area contributed by atoms with Crippen LogP contribution in [0.2, 0.25) is 0 Å². The van der Waals surface area contributed by atoms with Gasteiger partial charge in [-0.2, -0.15) is 0 Å². The van der Waals surface area contributed by atoms with E-state index in [-0.39, 0.29) is 11.0 Å². The molecule has 0 saturated carbocycles. The van der Waals surface area contributed by atoms with Crippen molar-refractivity contribution in [3.05, 3.63) is 0 Å². The highest BCUT2D eigenvalue weighted by atomic mass is 16.4. The number of quaternary nitrogens is 1. The molecule has 1 atom stereocenters. The fourth-order valence-corrected chi connectivity index (χ4v) is 2.43. The molecule has 0 aliphatic rings. The number of nitrogens with zero attached hydrogens (tertiary/aromatic N) is 1. The fraction of sp³-hybridized carbons (Fsp3) is 0.938. The molecule has 4 heteroatoms. The van der Waals surface area contributed by atoms with Crippen molar-refractivity contribution in [3.63, 3.8) is 0 Å². The molecule has 0 saturated heterocycles. The molecule has 0 radical (unpaired) electrons.